The number of piperidine rings is 1. The molecule has 0 saturated carbocycles. The molecule has 7 heteroatoms. The molecular weight excluding hydrogens is 366 g/mol. The van der Waals surface area contributed by atoms with Gasteiger partial charge in [0.2, 0.25) is 11.8 Å². The van der Waals surface area contributed by atoms with Crippen molar-refractivity contribution in [1.29, 1.82) is 0 Å². The molecule has 1 heterocycles. The van der Waals surface area contributed by atoms with Crippen molar-refractivity contribution >= 4 is 23.4 Å². The van der Waals surface area contributed by atoms with Crippen LogP contribution in [0.1, 0.15) is 39.7 Å². The highest BCUT2D eigenvalue weighted by molar-refractivity contribution is 6.30. The van der Waals surface area contributed by atoms with Gasteiger partial charge in [-0.3, -0.25) is 9.59 Å². The van der Waals surface area contributed by atoms with Gasteiger partial charge in [0.15, 0.2) is 0 Å². The van der Waals surface area contributed by atoms with E-state index in [2.05, 4.69) is 5.32 Å². The molecule has 0 aliphatic carbocycles. The zero-order valence-corrected chi connectivity index (χ0v) is 17.2. The number of aliphatic hydroxyl groups is 1. The van der Waals surface area contributed by atoms with E-state index in [1.807, 2.05) is 39.8 Å². The molecule has 1 saturated heterocycles. The van der Waals surface area contributed by atoms with E-state index in [-0.39, 0.29) is 24.3 Å². The highest BCUT2D eigenvalue weighted by Gasteiger charge is 2.50. The molecular formula is C20H30ClN3O3. The lowest BCUT2D eigenvalue weighted by Gasteiger charge is -2.51. The van der Waals surface area contributed by atoms with E-state index in [0.29, 0.717) is 24.5 Å². The third-order valence-electron chi connectivity index (χ3n) is 5.52. The Kier molecular flexibility index (Phi) is 6.55. The van der Waals surface area contributed by atoms with Crippen LogP contribution < -0.4 is 11.1 Å². The van der Waals surface area contributed by atoms with Gasteiger partial charge in [0.05, 0.1) is 12.1 Å². The van der Waals surface area contributed by atoms with Crippen LogP contribution in [0.3, 0.4) is 0 Å². The van der Waals surface area contributed by atoms with Crippen LogP contribution in [0.15, 0.2) is 24.3 Å². The number of nitrogens with zero attached hydrogens (tertiary/aromatic N) is 1. The Labute approximate surface area is 166 Å². The van der Waals surface area contributed by atoms with Gasteiger partial charge < -0.3 is 21.1 Å². The van der Waals surface area contributed by atoms with Crippen molar-refractivity contribution in [1.82, 2.24) is 10.2 Å². The summed E-state index contributed by atoms with van der Waals surface area (Å²) in [5, 5.41) is 14.8. The summed E-state index contributed by atoms with van der Waals surface area (Å²) in [5.41, 5.74) is 4.52. The minimum absolute atomic E-state index is 0.0619. The summed E-state index contributed by atoms with van der Waals surface area (Å²) in [4.78, 5) is 26.5. The molecule has 1 aromatic carbocycles. The molecule has 1 aliphatic heterocycles. The first-order chi connectivity index (χ1) is 12.5. The van der Waals surface area contributed by atoms with E-state index in [1.54, 1.807) is 17.0 Å². The summed E-state index contributed by atoms with van der Waals surface area (Å²) in [6, 6.07) is 6.57. The van der Waals surface area contributed by atoms with E-state index in [0.717, 1.165) is 5.56 Å². The molecule has 150 valence electrons. The number of benzene rings is 1. The summed E-state index contributed by atoms with van der Waals surface area (Å²) < 4.78 is 0. The van der Waals surface area contributed by atoms with Crippen molar-refractivity contribution in [3.63, 3.8) is 0 Å². The second-order valence-corrected chi connectivity index (χ2v) is 8.69. The molecule has 0 spiro atoms. The topological polar surface area (TPSA) is 95.7 Å². The summed E-state index contributed by atoms with van der Waals surface area (Å²) >= 11 is 5.97. The Morgan fingerprint density at radius 3 is 2.37 bits per heavy atom. The quantitative estimate of drug-likeness (QED) is 0.709. The fraction of sp³-hybridized carbons (Fsp3) is 0.600. The maximum atomic E-state index is 13.0. The minimum Gasteiger partial charge on any atom is -0.384 e. The average Bonchev–Trinajstić information content (AvgIpc) is 2.61. The van der Waals surface area contributed by atoms with Crippen molar-refractivity contribution in [2.24, 2.45) is 17.1 Å². The predicted molar refractivity (Wildman–Crippen MR) is 106 cm³/mol. The van der Waals surface area contributed by atoms with Crippen LogP contribution >= 0.6 is 11.6 Å². The molecule has 1 aliphatic rings. The second-order valence-electron chi connectivity index (χ2n) is 8.25. The lowest BCUT2D eigenvalue weighted by molar-refractivity contribution is -0.156. The van der Waals surface area contributed by atoms with Gasteiger partial charge in [0.25, 0.3) is 0 Å². The summed E-state index contributed by atoms with van der Waals surface area (Å²) in [5.74, 6) is -0.554. The van der Waals surface area contributed by atoms with E-state index < -0.39 is 17.1 Å². The number of nitrogens with one attached hydrogen (secondary N) is 1. The first-order valence-corrected chi connectivity index (χ1v) is 9.66. The van der Waals surface area contributed by atoms with Gasteiger partial charge in [0, 0.05) is 23.5 Å². The zero-order valence-electron chi connectivity index (χ0n) is 16.5. The van der Waals surface area contributed by atoms with E-state index in [4.69, 9.17) is 17.3 Å². The molecule has 1 fully saturated rings. The Balaban J connectivity index is 2.21. The zero-order chi connectivity index (χ0) is 20.4. The fourth-order valence-electron chi connectivity index (χ4n) is 3.71. The average molecular weight is 396 g/mol. The lowest BCUT2D eigenvalue weighted by atomic mass is 9.66. The highest BCUT2D eigenvalue weighted by atomic mass is 35.5. The number of carbonyl (C=O) groups is 2. The molecule has 6 nitrogen and oxygen atoms in total. The first-order valence-electron chi connectivity index (χ1n) is 9.28. The number of likely N-dealkylation sites (tertiary alicyclic amines) is 1. The number of halogens is 1. The molecule has 0 bridgehead atoms. The smallest absolute Gasteiger partial charge is 0.245 e. The fourth-order valence-corrected chi connectivity index (χ4v) is 3.84. The Morgan fingerprint density at radius 1 is 1.30 bits per heavy atom. The SMILES string of the molecule is CC(C)[C@@H](NC(=O)CN)C(=O)N1CC[C@](O)(c2ccc(Cl)cc2)C(C)(C)C1. The second kappa shape index (κ2) is 8.17. The summed E-state index contributed by atoms with van der Waals surface area (Å²) in [6.07, 6.45) is 0.406. The number of hydrogen-bond acceptors (Lipinski definition) is 4. The molecule has 2 rings (SSSR count). The van der Waals surface area contributed by atoms with Crippen LogP contribution in [0.5, 0.6) is 0 Å². The number of carbonyl (C=O) groups excluding carboxylic acids is 2. The maximum absolute atomic E-state index is 13.0. The van der Waals surface area contributed by atoms with Crippen molar-refractivity contribution in [2.45, 2.75) is 45.8 Å². The molecule has 2 amide bonds. The highest BCUT2D eigenvalue weighted by Crippen LogP contribution is 2.46. The van der Waals surface area contributed by atoms with Crippen LogP contribution in [0.25, 0.3) is 0 Å². The van der Waals surface area contributed by atoms with E-state index in [9.17, 15) is 14.7 Å². The Morgan fingerprint density at radius 2 is 1.89 bits per heavy atom. The van der Waals surface area contributed by atoms with Gasteiger partial charge >= 0.3 is 0 Å². The summed E-state index contributed by atoms with van der Waals surface area (Å²) in [6.45, 7) is 8.30. The molecule has 0 unspecified atom stereocenters. The molecule has 2 atom stereocenters. The maximum Gasteiger partial charge on any atom is 0.245 e. The van der Waals surface area contributed by atoms with Gasteiger partial charge in [-0.05, 0) is 30.0 Å². The van der Waals surface area contributed by atoms with Crippen molar-refractivity contribution in [3.05, 3.63) is 34.9 Å². The largest absolute Gasteiger partial charge is 0.384 e. The Bertz CT molecular complexity index is 690. The standard InChI is InChI=1S/C20H30ClN3O3/c1-13(2)17(23-16(25)11-22)18(26)24-10-9-20(27,19(3,4)12-24)14-5-7-15(21)8-6-14/h5-8,13,17,27H,9-12,22H2,1-4H3,(H,23,25)/t17-,20+/m1/s1. The summed E-state index contributed by atoms with van der Waals surface area (Å²) in [7, 11) is 0. The minimum atomic E-state index is -1.07. The van der Waals surface area contributed by atoms with Gasteiger partial charge in [0.1, 0.15) is 6.04 Å². The van der Waals surface area contributed by atoms with Crippen LogP contribution in [-0.2, 0) is 15.2 Å². The lowest BCUT2D eigenvalue weighted by Crippen LogP contribution is -2.60. The van der Waals surface area contributed by atoms with Crippen molar-refractivity contribution in [3.8, 4) is 0 Å². The number of hydrogen-bond donors (Lipinski definition) is 3. The predicted octanol–water partition coefficient (Wildman–Crippen LogP) is 1.89. The monoisotopic (exact) mass is 395 g/mol. The van der Waals surface area contributed by atoms with Crippen molar-refractivity contribution in [2.75, 3.05) is 19.6 Å². The number of nitrogens with two attached hydrogens (primary N) is 1. The van der Waals surface area contributed by atoms with Gasteiger partial charge in [-0.2, -0.15) is 0 Å². The molecule has 4 N–H and O–H groups in total. The molecule has 27 heavy (non-hydrogen) atoms. The third kappa shape index (κ3) is 4.45. The van der Waals surface area contributed by atoms with Gasteiger partial charge in [-0.15, -0.1) is 0 Å². The van der Waals surface area contributed by atoms with Crippen LogP contribution in [0, 0.1) is 11.3 Å². The third-order valence-corrected chi connectivity index (χ3v) is 5.77. The normalized spacial score (nSPS) is 23.2. The molecule has 1 aromatic rings. The van der Waals surface area contributed by atoms with Gasteiger partial charge in [-0.25, -0.2) is 0 Å². The van der Waals surface area contributed by atoms with E-state index in [1.165, 1.54) is 0 Å². The van der Waals surface area contributed by atoms with Crippen LogP contribution in [0.2, 0.25) is 5.02 Å². The van der Waals surface area contributed by atoms with E-state index >= 15 is 0 Å². The van der Waals surface area contributed by atoms with Crippen LogP contribution in [0.4, 0.5) is 0 Å². The number of rotatable bonds is 5. The van der Waals surface area contributed by atoms with Crippen LogP contribution in [-0.4, -0.2) is 47.5 Å². The molecule has 0 radical (unpaired) electrons. The number of amides is 2. The molecule has 0 aromatic heterocycles. The van der Waals surface area contributed by atoms with Crippen molar-refractivity contribution < 1.29 is 14.7 Å². The van der Waals surface area contributed by atoms with Gasteiger partial charge in [-0.1, -0.05) is 51.4 Å². The first kappa shape index (κ1) is 21.7. The Hall–Kier alpha value is -1.63.